The molecule has 0 aliphatic carbocycles. The lowest BCUT2D eigenvalue weighted by Gasteiger charge is -2.35. The molecule has 156 valence electrons. The highest BCUT2D eigenvalue weighted by molar-refractivity contribution is 6.31. The van der Waals surface area contributed by atoms with Gasteiger partial charge in [0.2, 0.25) is 0 Å². The maximum absolute atomic E-state index is 6.60. The van der Waals surface area contributed by atoms with E-state index >= 15 is 0 Å². The van der Waals surface area contributed by atoms with Crippen molar-refractivity contribution in [2.45, 2.75) is 19.9 Å². The molecule has 2 aliphatic heterocycles. The zero-order valence-corrected chi connectivity index (χ0v) is 18.2. The first-order valence-electron chi connectivity index (χ1n) is 10.4. The fourth-order valence-corrected chi connectivity index (χ4v) is 4.25. The first kappa shape index (κ1) is 21.2. The lowest BCUT2D eigenvalue weighted by atomic mass is 10.1. The Bertz CT molecular complexity index is 660. The summed E-state index contributed by atoms with van der Waals surface area (Å²) >= 11 is 6.60. The fourth-order valence-electron chi connectivity index (χ4n) is 4.01. The minimum Gasteiger partial charge on any atom is -0.381 e. The van der Waals surface area contributed by atoms with Crippen LogP contribution in [0.1, 0.15) is 18.9 Å². The number of halogens is 1. The Balaban J connectivity index is 1.63. The standard InChI is InChI=1S/C21H34ClN5O/c1-4-28-16-17-8-9-27(15-17)21(23-2)24-14-18-19(22)6-5-7-20(18)26-12-10-25(3)11-13-26/h5-7,17H,4,8-16H2,1-3H3,(H,23,24). The summed E-state index contributed by atoms with van der Waals surface area (Å²) < 4.78 is 5.60. The summed E-state index contributed by atoms with van der Waals surface area (Å²) in [6, 6.07) is 6.22. The van der Waals surface area contributed by atoms with Crippen molar-refractivity contribution < 1.29 is 4.74 Å². The summed E-state index contributed by atoms with van der Waals surface area (Å²) in [6.07, 6.45) is 1.15. The molecule has 1 aromatic rings. The fraction of sp³-hybridized carbons (Fsp3) is 0.667. The largest absolute Gasteiger partial charge is 0.381 e. The van der Waals surface area contributed by atoms with E-state index in [1.165, 1.54) is 5.69 Å². The molecule has 0 bridgehead atoms. The highest BCUT2D eigenvalue weighted by atomic mass is 35.5. The number of aliphatic imine (C=N–C) groups is 1. The van der Waals surface area contributed by atoms with Crippen LogP contribution in [0.3, 0.4) is 0 Å². The third-order valence-electron chi connectivity index (χ3n) is 5.72. The summed E-state index contributed by atoms with van der Waals surface area (Å²) in [6.45, 7) is 10.6. The van der Waals surface area contributed by atoms with Gasteiger partial charge in [-0.05, 0) is 32.5 Å². The van der Waals surface area contributed by atoms with Crippen LogP contribution in [0, 0.1) is 5.92 Å². The Hall–Kier alpha value is -1.50. The number of anilines is 1. The van der Waals surface area contributed by atoms with Gasteiger partial charge in [-0.25, -0.2) is 0 Å². The monoisotopic (exact) mass is 407 g/mol. The summed E-state index contributed by atoms with van der Waals surface area (Å²) in [7, 11) is 4.03. The third kappa shape index (κ3) is 5.31. The van der Waals surface area contributed by atoms with Crippen LogP contribution in [0.4, 0.5) is 5.69 Å². The van der Waals surface area contributed by atoms with Crippen LogP contribution in [0.15, 0.2) is 23.2 Å². The van der Waals surface area contributed by atoms with Crippen molar-refractivity contribution in [3.05, 3.63) is 28.8 Å². The van der Waals surface area contributed by atoms with Gasteiger partial charge in [-0.3, -0.25) is 4.99 Å². The van der Waals surface area contributed by atoms with Crippen molar-refractivity contribution in [1.29, 1.82) is 0 Å². The second-order valence-electron chi connectivity index (χ2n) is 7.69. The topological polar surface area (TPSA) is 43.3 Å². The Morgan fingerprint density at radius 1 is 1.25 bits per heavy atom. The highest BCUT2D eigenvalue weighted by Crippen LogP contribution is 2.28. The van der Waals surface area contributed by atoms with E-state index in [1.807, 2.05) is 19.2 Å². The Morgan fingerprint density at radius 3 is 2.75 bits per heavy atom. The predicted octanol–water partition coefficient (Wildman–Crippen LogP) is 2.53. The number of likely N-dealkylation sites (N-methyl/N-ethyl adjacent to an activating group) is 1. The molecule has 2 saturated heterocycles. The number of nitrogens with one attached hydrogen (secondary N) is 1. The summed E-state index contributed by atoms with van der Waals surface area (Å²) in [5, 5.41) is 4.36. The quantitative estimate of drug-likeness (QED) is 0.579. The van der Waals surface area contributed by atoms with Gasteiger partial charge in [-0.1, -0.05) is 17.7 Å². The molecule has 2 aliphatic rings. The molecule has 1 unspecified atom stereocenters. The zero-order valence-electron chi connectivity index (χ0n) is 17.5. The molecule has 7 heteroatoms. The second-order valence-corrected chi connectivity index (χ2v) is 8.10. The maximum atomic E-state index is 6.60. The number of benzene rings is 1. The van der Waals surface area contributed by atoms with Gasteiger partial charge in [0.05, 0.1) is 6.61 Å². The first-order chi connectivity index (χ1) is 13.6. The van der Waals surface area contributed by atoms with Crippen molar-refractivity contribution in [3.63, 3.8) is 0 Å². The maximum Gasteiger partial charge on any atom is 0.193 e. The lowest BCUT2D eigenvalue weighted by molar-refractivity contribution is 0.114. The molecule has 6 nitrogen and oxygen atoms in total. The molecule has 1 atom stereocenters. The minimum absolute atomic E-state index is 0.583. The molecule has 28 heavy (non-hydrogen) atoms. The van der Waals surface area contributed by atoms with Crippen LogP contribution in [0.25, 0.3) is 0 Å². The normalized spacial score (nSPS) is 21.4. The van der Waals surface area contributed by atoms with E-state index in [-0.39, 0.29) is 0 Å². The number of hydrogen-bond donors (Lipinski definition) is 1. The molecule has 0 radical (unpaired) electrons. The number of guanidine groups is 1. The van der Waals surface area contributed by atoms with Crippen molar-refractivity contribution in [2.75, 3.05) is 71.5 Å². The minimum atomic E-state index is 0.583. The molecule has 2 fully saturated rings. The van der Waals surface area contributed by atoms with Crippen LogP contribution in [-0.2, 0) is 11.3 Å². The van der Waals surface area contributed by atoms with E-state index in [9.17, 15) is 0 Å². The average molecular weight is 408 g/mol. The van der Waals surface area contributed by atoms with Crippen LogP contribution < -0.4 is 10.2 Å². The van der Waals surface area contributed by atoms with Gasteiger partial charge in [0.25, 0.3) is 0 Å². The van der Waals surface area contributed by atoms with Gasteiger partial charge in [0.15, 0.2) is 5.96 Å². The van der Waals surface area contributed by atoms with Crippen LogP contribution in [-0.4, -0.2) is 82.3 Å². The van der Waals surface area contributed by atoms with E-state index < -0.39 is 0 Å². The number of ether oxygens (including phenoxy) is 1. The number of nitrogens with zero attached hydrogens (tertiary/aromatic N) is 4. The number of rotatable bonds is 6. The molecule has 1 aromatic carbocycles. The van der Waals surface area contributed by atoms with E-state index in [2.05, 4.69) is 45.0 Å². The van der Waals surface area contributed by atoms with E-state index in [4.69, 9.17) is 16.3 Å². The Labute approximate surface area is 174 Å². The predicted molar refractivity (Wildman–Crippen MR) is 118 cm³/mol. The van der Waals surface area contributed by atoms with Gasteiger partial charge >= 0.3 is 0 Å². The Morgan fingerprint density at radius 2 is 2.04 bits per heavy atom. The van der Waals surface area contributed by atoms with E-state index in [0.717, 1.165) is 75.4 Å². The molecule has 0 aromatic heterocycles. The van der Waals surface area contributed by atoms with E-state index in [1.54, 1.807) is 0 Å². The summed E-state index contributed by atoms with van der Waals surface area (Å²) in [5.74, 6) is 1.53. The van der Waals surface area contributed by atoms with Crippen LogP contribution in [0.2, 0.25) is 5.02 Å². The zero-order chi connectivity index (χ0) is 19.9. The summed E-state index contributed by atoms with van der Waals surface area (Å²) in [4.78, 5) is 11.7. The first-order valence-corrected chi connectivity index (χ1v) is 10.7. The Kier molecular flexibility index (Phi) is 7.82. The molecule has 3 rings (SSSR count). The highest BCUT2D eigenvalue weighted by Gasteiger charge is 2.25. The van der Waals surface area contributed by atoms with Crippen molar-refractivity contribution in [1.82, 2.24) is 15.1 Å². The molecule has 1 N–H and O–H groups in total. The van der Waals surface area contributed by atoms with Crippen LogP contribution in [0.5, 0.6) is 0 Å². The molecule has 0 spiro atoms. The molecular formula is C21H34ClN5O. The number of hydrogen-bond acceptors (Lipinski definition) is 4. The van der Waals surface area contributed by atoms with Crippen molar-refractivity contribution in [2.24, 2.45) is 10.9 Å². The van der Waals surface area contributed by atoms with Gasteiger partial charge in [-0.15, -0.1) is 0 Å². The van der Waals surface area contributed by atoms with Gasteiger partial charge < -0.3 is 24.8 Å². The molecular weight excluding hydrogens is 374 g/mol. The molecule has 2 heterocycles. The molecule has 0 saturated carbocycles. The SMILES string of the molecule is CCOCC1CCN(C(=NC)NCc2c(Cl)cccc2N2CCN(C)CC2)C1. The van der Waals surface area contributed by atoms with Gasteiger partial charge in [0, 0.05) is 81.7 Å². The average Bonchev–Trinajstić information content (AvgIpc) is 3.17. The van der Waals surface area contributed by atoms with Gasteiger partial charge in [0.1, 0.15) is 0 Å². The number of likely N-dealkylation sites (tertiary alicyclic amines) is 1. The van der Waals surface area contributed by atoms with Crippen LogP contribution >= 0.6 is 11.6 Å². The van der Waals surface area contributed by atoms with Crippen molar-refractivity contribution >= 4 is 23.2 Å². The molecule has 0 amide bonds. The van der Waals surface area contributed by atoms with Crippen molar-refractivity contribution in [3.8, 4) is 0 Å². The third-order valence-corrected chi connectivity index (χ3v) is 6.07. The number of piperazine rings is 1. The smallest absolute Gasteiger partial charge is 0.193 e. The second kappa shape index (κ2) is 10.3. The summed E-state index contributed by atoms with van der Waals surface area (Å²) in [5.41, 5.74) is 2.39. The lowest BCUT2D eigenvalue weighted by Crippen LogP contribution is -2.45. The van der Waals surface area contributed by atoms with Gasteiger partial charge in [-0.2, -0.15) is 0 Å². The van der Waals surface area contributed by atoms with E-state index in [0.29, 0.717) is 12.5 Å².